The highest BCUT2D eigenvalue weighted by atomic mass is 127. The molecule has 0 rings (SSSR count). The van der Waals surface area contributed by atoms with Gasteiger partial charge in [0.05, 0.1) is 6.61 Å². The number of ether oxygens (including phenoxy) is 3. The summed E-state index contributed by atoms with van der Waals surface area (Å²) in [5.41, 5.74) is -0.455. The van der Waals surface area contributed by atoms with Gasteiger partial charge in [0.15, 0.2) is 0 Å². The van der Waals surface area contributed by atoms with Gasteiger partial charge < -0.3 is 14.2 Å². The van der Waals surface area contributed by atoms with Crippen molar-refractivity contribution >= 4 is 28.6 Å². The zero-order valence-corrected chi connectivity index (χ0v) is 11.0. The van der Waals surface area contributed by atoms with Crippen LogP contribution in [-0.2, 0) is 19.0 Å². The first-order valence-electron chi connectivity index (χ1n) is 4.39. The number of hydrogen-bond acceptors (Lipinski definition) is 4. The number of halogens is 1. The number of esters is 1. The molecule has 0 aromatic heterocycles. The lowest BCUT2D eigenvalue weighted by molar-refractivity contribution is -0.165. The molecule has 0 unspecified atom stereocenters. The van der Waals surface area contributed by atoms with Crippen LogP contribution in [0.4, 0.5) is 0 Å². The monoisotopic (exact) mass is 316 g/mol. The fourth-order valence-corrected chi connectivity index (χ4v) is 0.980. The molecule has 0 N–H and O–H groups in total. The normalized spacial score (nSPS) is 11.4. The fraction of sp³-hybridized carbons (Fsp3) is 0.889. The average Bonchev–Trinajstić information content (AvgIpc) is 2.00. The first-order valence-corrected chi connectivity index (χ1v) is 5.91. The lowest BCUT2D eigenvalue weighted by atomic mass is 10.2. The van der Waals surface area contributed by atoms with E-state index in [1.165, 1.54) is 0 Å². The average molecular weight is 316 g/mol. The molecule has 0 saturated carbocycles. The Morgan fingerprint density at radius 3 is 2.43 bits per heavy atom. The molecular weight excluding hydrogens is 299 g/mol. The standard InChI is InChI=1S/C9H17IO4/c1-9(2,3)14-8(11)6-13-7-12-5-4-10/h4-7H2,1-3H3. The molecule has 4 nitrogen and oxygen atoms in total. The second-order valence-corrected chi connectivity index (χ2v) is 4.73. The van der Waals surface area contributed by atoms with Gasteiger partial charge in [0.1, 0.15) is 19.0 Å². The molecule has 0 aromatic carbocycles. The van der Waals surface area contributed by atoms with Crippen molar-refractivity contribution in [2.24, 2.45) is 0 Å². The predicted molar refractivity (Wildman–Crippen MR) is 61.5 cm³/mol. The van der Waals surface area contributed by atoms with Crippen molar-refractivity contribution < 1.29 is 19.0 Å². The third-order valence-corrected chi connectivity index (χ3v) is 1.47. The van der Waals surface area contributed by atoms with Gasteiger partial charge in [0.25, 0.3) is 0 Å². The molecule has 84 valence electrons. The van der Waals surface area contributed by atoms with E-state index in [1.807, 2.05) is 20.8 Å². The molecule has 0 bridgehead atoms. The zero-order valence-electron chi connectivity index (χ0n) is 8.84. The Bertz CT molecular complexity index is 165. The third-order valence-electron chi connectivity index (χ3n) is 1.03. The topological polar surface area (TPSA) is 44.8 Å². The minimum absolute atomic E-state index is 0.0570. The van der Waals surface area contributed by atoms with Crippen LogP contribution in [0.15, 0.2) is 0 Å². The molecule has 0 aliphatic carbocycles. The highest BCUT2D eigenvalue weighted by Crippen LogP contribution is 2.06. The lowest BCUT2D eigenvalue weighted by Gasteiger charge is -2.19. The van der Waals surface area contributed by atoms with Gasteiger partial charge in [-0.2, -0.15) is 0 Å². The van der Waals surface area contributed by atoms with Crippen LogP contribution in [0.2, 0.25) is 0 Å². The van der Waals surface area contributed by atoms with E-state index in [1.54, 1.807) is 0 Å². The Balaban J connectivity index is 3.36. The first-order chi connectivity index (χ1) is 6.45. The Morgan fingerprint density at radius 1 is 1.29 bits per heavy atom. The molecule has 0 atom stereocenters. The van der Waals surface area contributed by atoms with Crippen LogP contribution < -0.4 is 0 Å². The largest absolute Gasteiger partial charge is 0.458 e. The van der Waals surface area contributed by atoms with Crippen molar-refractivity contribution in [2.45, 2.75) is 26.4 Å². The molecular formula is C9H17IO4. The maximum atomic E-state index is 11.1. The van der Waals surface area contributed by atoms with Crippen LogP contribution in [0.1, 0.15) is 20.8 Å². The van der Waals surface area contributed by atoms with E-state index in [-0.39, 0.29) is 19.4 Å². The summed E-state index contributed by atoms with van der Waals surface area (Å²) in [6, 6.07) is 0. The third kappa shape index (κ3) is 10.2. The van der Waals surface area contributed by atoms with E-state index in [2.05, 4.69) is 22.6 Å². The summed E-state index contributed by atoms with van der Waals surface area (Å²) in [5, 5.41) is 0. The number of alkyl halides is 1. The minimum atomic E-state index is -0.455. The smallest absolute Gasteiger partial charge is 0.332 e. The molecule has 0 amide bonds. The van der Waals surface area contributed by atoms with Crippen LogP contribution in [-0.4, -0.2) is 36.0 Å². The molecule has 0 aromatic rings. The van der Waals surface area contributed by atoms with Crippen LogP contribution in [0.25, 0.3) is 0 Å². The lowest BCUT2D eigenvalue weighted by Crippen LogP contribution is -2.26. The highest BCUT2D eigenvalue weighted by Gasteiger charge is 2.15. The van der Waals surface area contributed by atoms with Gasteiger partial charge in [-0.1, -0.05) is 22.6 Å². The minimum Gasteiger partial charge on any atom is -0.458 e. The fourth-order valence-electron chi connectivity index (χ4n) is 0.668. The molecule has 0 heterocycles. The highest BCUT2D eigenvalue weighted by molar-refractivity contribution is 14.1. The zero-order chi connectivity index (χ0) is 11.0. The van der Waals surface area contributed by atoms with Gasteiger partial charge in [-0.15, -0.1) is 0 Å². The van der Waals surface area contributed by atoms with Crippen LogP contribution in [0, 0.1) is 0 Å². The number of hydrogen-bond donors (Lipinski definition) is 0. The van der Waals surface area contributed by atoms with Gasteiger partial charge in [-0.25, -0.2) is 4.79 Å². The summed E-state index contributed by atoms with van der Waals surface area (Å²) in [6.07, 6.45) is 0. The van der Waals surface area contributed by atoms with Crippen molar-refractivity contribution in [2.75, 3.05) is 24.4 Å². The quantitative estimate of drug-likeness (QED) is 0.246. The van der Waals surface area contributed by atoms with E-state index in [9.17, 15) is 4.79 Å². The van der Waals surface area contributed by atoms with Crippen molar-refractivity contribution in [1.82, 2.24) is 0 Å². The van der Waals surface area contributed by atoms with E-state index >= 15 is 0 Å². The Hall–Kier alpha value is 0.120. The van der Waals surface area contributed by atoms with Crippen molar-refractivity contribution in [3.63, 3.8) is 0 Å². The van der Waals surface area contributed by atoms with Gasteiger partial charge in [0, 0.05) is 4.43 Å². The maximum absolute atomic E-state index is 11.1. The van der Waals surface area contributed by atoms with Gasteiger partial charge in [-0.05, 0) is 20.8 Å². The second-order valence-electron chi connectivity index (χ2n) is 3.65. The molecule has 0 fully saturated rings. The van der Waals surface area contributed by atoms with Crippen LogP contribution >= 0.6 is 22.6 Å². The molecule has 0 aliphatic rings. The summed E-state index contributed by atoms with van der Waals surface area (Å²) in [5.74, 6) is -0.365. The summed E-state index contributed by atoms with van der Waals surface area (Å²) in [4.78, 5) is 11.1. The van der Waals surface area contributed by atoms with Crippen molar-refractivity contribution in [3.05, 3.63) is 0 Å². The van der Waals surface area contributed by atoms with Gasteiger partial charge >= 0.3 is 5.97 Å². The number of carbonyl (C=O) groups excluding carboxylic acids is 1. The molecule has 0 radical (unpaired) electrons. The Labute approximate surface area is 98.4 Å². The van der Waals surface area contributed by atoms with E-state index in [0.29, 0.717) is 6.61 Å². The molecule has 14 heavy (non-hydrogen) atoms. The summed E-state index contributed by atoms with van der Waals surface area (Å²) < 4.78 is 15.9. The number of rotatable bonds is 6. The second kappa shape index (κ2) is 7.42. The molecule has 0 saturated heterocycles. The Morgan fingerprint density at radius 2 is 1.93 bits per heavy atom. The van der Waals surface area contributed by atoms with Crippen LogP contribution in [0.5, 0.6) is 0 Å². The Kier molecular flexibility index (Phi) is 7.48. The predicted octanol–water partition coefficient (Wildman–Crippen LogP) is 1.75. The summed E-state index contributed by atoms with van der Waals surface area (Å²) >= 11 is 2.20. The van der Waals surface area contributed by atoms with Gasteiger partial charge in [-0.3, -0.25) is 0 Å². The SMILES string of the molecule is CC(C)(C)OC(=O)COCOCCI. The first kappa shape index (κ1) is 14.1. The van der Waals surface area contributed by atoms with E-state index < -0.39 is 5.60 Å². The van der Waals surface area contributed by atoms with Crippen molar-refractivity contribution in [3.8, 4) is 0 Å². The van der Waals surface area contributed by atoms with Crippen molar-refractivity contribution in [1.29, 1.82) is 0 Å². The molecule has 5 heteroatoms. The summed E-state index contributed by atoms with van der Waals surface area (Å²) in [7, 11) is 0. The maximum Gasteiger partial charge on any atom is 0.332 e. The van der Waals surface area contributed by atoms with Crippen LogP contribution in [0.3, 0.4) is 0 Å². The molecule has 0 aliphatic heterocycles. The number of carbonyl (C=O) groups is 1. The van der Waals surface area contributed by atoms with E-state index in [4.69, 9.17) is 14.2 Å². The molecule has 0 spiro atoms. The van der Waals surface area contributed by atoms with E-state index in [0.717, 1.165) is 4.43 Å². The summed E-state index contributed by atoms with van der Waals surface area (Å²) in [6.45, 7) is 6.17. The van der Waals surface area contributed by atoms with Gasteiger partial charge in [0.2, 0.25) is 0 Å².